The van der Waals surface area contributed by atoms with Gasteiger partial charge in [0.25, 0.3) is 0 Å². The number of likely N-dealkylation sites (tertiary alicyclic amines) is 1. The van der Waals surface area contributed by atoms with Gasteiger partial charge in [-0.05, 0) is 37.1 Å². The average Bonchev–Trinajstić information content (AvgIpc) is 3.29. The number of rotatable bonds is 7. The van der Waals surface area contributed by atoms with Crippen LogP contribution >= 0.6 is 0 Å². The summed E-state index contributed by atoms with van der Waals surface area (Å²) in [6, 6.07) is 5.96. The summed E-state index contributed by atoms with van der Waals surface area (Å²) in [5.74, 6) is 1.18. The Balaban J connectivity index is 1.52. The molecule has 142 valence electrons. The molecule has 7 heteroatoms. The van der Waals surface area contributed by atoms with Crippen molar-refractivity contribution in [1.82, 2.24) is 15.5 Å². The van der Waals surface area contributed by atoms with Crippen molar-refractivity contribution in [2.45, 2.75) is 25.3 Å². The van der Waals surface area contributed by atoms with E-state index in [0.29, 0.717) is 37.4 Å². The van der Waals surface area contributed by atoms with Crippen molar-refractivity contribution in [2.75, 3.05) is 40.4 Å². The second kappa shape index (κ2) is 8.40. The van der Waals surface area contributed by atoms with E-state index in [1.165, 1.54) is 0 Å². The van der Waals surface area contributed by atoms with E-state index >= 15 is 0 Å². The highest BCUT2D eigenvalue weighted by atomic mass is 16.5. The smallest absolute Gasteiger partial charge is 0.225 e. The third-order valence-electron chi connectivity index (χ3n) is 5.11. The largest absolute Gasteiger partial charge is 0.493 e. The van der Waals surface area contributed by atoms with Gasteiger partial charge in [-0.3, -0.25) is 9.59 Å². The van der Waals surface area contributed by atoms with Crippen molar-refractivity contribution in [1.29, 1.82) is 0 Å². The van der Waals surface area contributed by atoms with Crippen LogP contribution in [0.15, 0.2) is 18.2 Å². The zero-order chi connectivity index (χ0) is 18.5. The van der Waals surface area contributed by atoms with E-state index in [-0.39, 0.29) is 23.8 Å². The summed E-state index contributed by atoms with van der Waals surface area (Å²) < 4.78 is 10.6. The molecule has 2 aliphatic heterocycles. The van der Waals surface area contributed by atoms with Crippen molar-refractivity contribution in [3.05, 3.63) is 23.8 Å². The number of carbonyl (C=O) groups is 2. The van der Waals surface area contributed by atoms with Crippen LogP contribution in [0.4, 0.5) is 0 Å². The van der Waals surface area contributed by atoms with Crippen LogP contribution in [-0.4, -0.2) is 63.2 Å². The van der Waals surface area contributed by atoms with Crippen molar-refractivity contribution in [2.24, 2.45) is 5.92 Å². The molecule has 0 radical (unpaired) electrons. The fourth-order valence-corrected chi connectivity index (χ4v) is 3.56. The summed E-state index contributed by atoms with van der Waals surface area (Å²) in [7, 11) is 3.21. The standard InChI is InChI=1S/C19H27N3O4/c1-25-16-4-3-13(9-17(16)26-2)6-8-22-12-14(10-18(22)23)19(24)21-15-5-7-20-11-15/h3-4,9,14-15,20H,5-8,10-12H2,1-2H3,(H,21,24). The summed E-state index contributed by atoms with van der Waals surface area (Å²) in [5, 5.41) is 6.28. The summed E-state index contributed by atoms with van der Waals surface area (Å²) in [4.78, 5) is 26.4. The molecule has 2 amide bonds. The number of nitrogens with zero attached hydrogens (tertiary/aromatic N) is 1. The number of methoxy groups -OCH3 is 2. The van der Waals surface area contributed by atoms with Gasteiger partial charge in [-0.15, -0.1) is 0 Å². The Morgan fingerprint density at radius 2 is 2.12 bits per heavy atom. The van der Waals surface area contributed by atoms with Crippen LogP contribution < -0.4 is 20.1 Å². The van der Waals surface area contributed by atoms with Crippen LogP contribution in [-0.2, 0) is 16.0 Å². The second-order valence-corrected chi connectivity index (χ2v) is 6.88. The number of amides is 2. The van der Waals surface area contributed by atoms with Gasteiger partial charge >= 0.3 is 0 Å². The number of hydrogen-bond donors (Lipinski definition) is 2. The monoisotopic (exact) mass is 361 g/mol. The Bertz CT molecular complexity index is 658. The SMILES string of the molecule is COc1ccc(CCN2CC(C(=O)NC3CCNC3)CC2=O)cc1OC. The van der Waals surface area contributed by atoms with Gasteiger partial charge in [-0.2, -0.15) is 0 Å². The first-order valence-corrected chi connectivity index (χ1v) is 9.10. The van der Waals surface area contributed by atoms with Gasteiger partial charge in [0.2, 0.25) is 11.8 Å². The van der Waals surface area contributed by atoms with Crippen LogP contribution in [0.2, 0.25) is 0 Å². The first-order valence-electron chi connectivity index (χ1n) is 9.10. The highest BCUT2D eigenvalue weighted by Crippen LogP contribution is 2.28. The lowest BCUT2D eigenvalue weighted by Gasteiger charge is -2.18. The molecule has 1 aromatic carbocycles. The number of carbonyl (C=O) groups excluding carboxylic acids is 2. The third-order valence-corrected chi connectivity index (χ3v) is 5.11. The first-order chi connectivity index (χ1) is 12.6. The van der Waals surface area contributed by atoms with E-state index in [4.69, 9.17) is 9.47 Å². The molecular weight excluding hydrogens is 334 g/mol. The zero-order valence-corrected chi connectivity index (χ0v) is 15.4. The van der Waals surface area contributed by atoms with E-state index in [2.05, 4.69) is 10.6 Å². The molecule has 0 aromatic heterocycles. The lowest BCUT2D eigenvalue weighted by atomic mass is 10.1. The van der Waals surface area contributed by atoms with E-state index in [1.54, 1.807) is 19.1 Å². The van der Waals surface area contributed by atoms with E-state index < -0.39 is 0 Å². The molecule has 26 heavy (non-hydrogen) atoms. The quantitative estimate of drug-likeness (QED) is 0.742. The number of hydrogen-bond acceptors (Lipinski definition) is 5. The maximum atomic E-state index is 12.4. The highest BCUT2D eigenvalue weighted by molar-refractivity contribution is 5.89. The molecule has 0 saturated carbocycles. The minimum atomic E-state index is -0.242. The van der Waals surface area contributed by atoms with Crippen LogP contribution in [0.1, 0.15) is 18.4 Å². The Morgan fingerprint density at radius 3 is 2.81 bits per heavy atom. The van der Waals surface area contributed by atoms with Crippen molar-refractivity contribution >= 4 is 11.8 Å². The van der Waals surface area contributed by atoms with Gasteiger partial charge in [-0.1, -0.05) is 6.07 Å². The maximum Gasteiger partial charge on any atom is 0.225 e. The van der Waals surface area contributed by atoms with Gasteiger partial charge in [0.05, 0.1) is 20.1 Å². The third kappa shape index (κ3) is 4.27. The topological polar surface area (TPSA) is 79.9 Å². The van der Waals surface area contributed by atoms with E-state index in [9.17, 15) is 9.59 Å². The highest BCUT2D eigenvalue weighted by Gasteiger charge is 2.35. The summed E-state index contributed by atoms with van der Waals surface area (Å²) in [5.41, 5.74) is 1.07. The molecule has 0 bridgehead atoms. The van der Waals surface area contributed by atoms with Gasteiger partial charge < -0.3 is 25.0 Å². The molecule has 2 heterocycles. The lowest BCUT2D eigenvalue weighted by Crippen LogP contribution is -2.41. The van der Waals surface area contributed by atoms with Crippen LogP contribution in [0, 0.1) is 5.92 Å². The summed E-state index contributed by atoms with van der Waals surface area (Å²) in [6.07, 6.45) is 1.97. The predicted octanol–water partition coefficient (Wildman–Crippen LogP) is 0.573. The number of benzene rings is 1. The summed E-state index contributed by atoms with van der Waals surface area (Å²) >= 11 is 0. The molecule has 2 fully saturated rings. The maximum absolute atomic E-state index is 12.4. The minimum absolute atomic E-state index is 0.000617. The fourth-order valence-electron chi connectivity index (χ4n) is 3.56. The average molecular weight is 361 g/mol. The Labute approximate surface area is 154 Å². The van der Waals surface area contributed by atoms with Gasteiger partial charge in [-0.25, -0.2) is 0 Å². The van der Waals surface area contributed by atoms with Gasteiger partial charge in [0.15, 0.2) is 11.5 Å². The molecule has 2 aliphatic rings. The Morgan fingerprint density at radius 1 is 1.31 bits per heavy atom. The van der Waals surface area contributed by atoms with Gasteiger partial charge in [0, 0.05) is 32.1 Å². The fraction of sp³-hybridized carbons (Fsp3) is 0.579. The molecule has 2 unspecified atom stereocenters. The van der Waals surface area contributed by atoms with Crippen molar-refractivity contribution in [3.8, 4) is 11.5 Å². The predicted molar refractivity (Wildman–Crippen MR) is 97.4 cm³/mol. The number of ether oxygens (including phenoxy) is 2. The Hall–Kier alpha value is -2.28. The molecule has 2 N–H and O–H groups in total. The van der Waals surface area contributed by atoms with E-state index in [0.717, 1.165) is 25.1 Å². The Kier molecular flexibility index (Phi) is 5.98. The van der Waals surface area contributed by atoms with E-state index in [1.807, 2.05) is 18.2 Å². The van der Waals surface area contributed by atoms with Crippen molar-refractivity contribution in [3.63, 3.8) is 0 Å². The molecule has 1 aromatic rings. The molecule has 0 spiro atoms. The van der Waals surface area contributed by atoms with Crippen LogP contribution in [0.25, 0.3) is 0 Å². The molecule has 0 aliphatic carbocycles. The molecule has 7 nitrogen and oxygen atoms in total. The second-order valence-electron chi connectivity index (χ2n) is 6.88. The van der Waals surface area contributed by atoms with Crippen molar-refractivity contribution < 1.29 is 19.1 Å². The summed E-state index contributed by atoms with van der Waals surface area (Å²) in [6.45, 7) is 2.85. The molecular formula is C19H27N3O4. The normalized spacial score (nSPS) is 22.5. The minimum Gasteiger partial charge on any atom is -0.493 e. The number of nitrogens with one attached hydrogen (secondary N) is 2. The van der Waals surface area contributed by atoms with Crippen LogP contribution in [0.5, 0.6) is 11.5 Å². The molecule has 2 saturated heterocycles. The zero-order valence-electron chi connectivity index (χ0n) is 15.4. The first kappa shape index (κ1) is 18.5. The molecule has 2 atom stereocenters. The van der Waals surface area contributed by atoms with Gasteiger partial charge in [0.1, 0.15) is 0 Å². The molecule has 3 rings (SSSR count). The van der Waals surface area contributed by atoms with Crippen LogP contribution in [0.3, 0.4) is 0 Å². The lowest BCUT2D eigenvalue weighted by molar-refractivity contribution is -0.129.